The Morgan fingerprint density at radius 2 is 2.18 bits per heavy atom. The zero-order valence-electron chi connectivity index (χ0n) is 13.0. The zero-order chi connectivity index (χ0) is 14.9. The summed E-state index contributed by atoms with van der Waals surface area (Å²) in [5.74, 6) is 1.63. The topological polar surface area (TPSA) is 67.1 Å². The summed E-state index contributed by atoms with van der Waals surface area (Å²) in [6.07, 6.45) is 7.72. The van der Waals surface area contributed by atoms with Crippen molar-refractivity contribution in [3.63, 3.8) is 0 Å². The largest absolute Gasteiger partial charge is 0.356 e. The first-order valence-electron chi connectivity index (χ1n) is 7.23. The smallest absolute Gasteiger partial charge is 0.191 e. The van der Waals surface area contributed by atoms with Crippen LogP contribution in [0.1, 0.15) is 25.3 Å². The number of unbranched alkanes of at least 4 members (excludes halogenated alkanes) is 1. The summed E-state index contributed by atoms with van der Waals surface area (Å²) >= 11 is 0. The fourth-order valence-electron chi connectivity index (χ4n) is 1.89. The highest BCUT2D eigenvalue weighted by Gasteiger charge is 2.01. The van der Waals surface area contributed by atoms with Crippen LogP contribution in [0.2, 0.25) is 0 Å². The van der Waals surface area contributed by atoms with Crippen LogP contribution in [0.5, 0.6) is 0 Å². The molecule has 2 rings (SSSR count). The van der Waals surface area contributed by atoms with E-state index in [1.54, 1.807) is 24.1 Å². The Hall–Kier alpha value is -1.64. The van der Waals surface area contributed by atoms with E-state index in [1.165, 1.54) is 6.42 Å². The van der Waals surface area contributed by atoms with Gasteiger partial charge in [0.2, 0.25) is 0 Å². The number of pyridine rings is 1. The molecule has 0 radical (unpaired) electrons. The fraction of sp³-hybridized carbons (Fsp3) is 0.400. The van der Waals surface area contributed by atoms with Gasteiger partial charge in [0, 0.05) is 38.7 Å². The molecule has 2 N–H and O–H groups in total. The van der Waals surface area contributed by atoms with Crippen LogP contribution < -0.4 is 10.6 Å². The molecule has 0 aliphatic carbocycles. The first-order chi connectivity index (χ1) is 10.3. The van der Waals surface area contributed by atoms with Gasteiger partial charge in [-0.15, -0.1) is 24.0 Å². The molecule has 0 aliphatic heterocycles. The van der Waals surface area contributed by atoms with Crippen molar-refractivity contribution in [2.24, 2.45) is 4.99 Å². The third-order valence-electron chi connectivity index (χ3n) is 3.06. The van der Waals surface area contributed by atoms with Gasteiger partial charge in [-0.25, -0.2) is 9.67 Å². The van der Waals surface area contributed by atoms with Crippen LogP contribution in [-0.2, 0) is 6.54 Å². The normalized spacial score (nSPS) is 10.9. The number of guanidine groups is 1. The van der Waals surface area contributed by atoms with Crippen molar-refractivity contribution in [2.75, 3.05) is 13.6 Å². The van der Waals surface area contributed by atoms with Gasteiger partial charge in [0.15, 0.2) is 11.8 Å². The second-order valence-corrected chi connectivity index (χ2v) is 4.68. The molecule has 2 aromatic rings. The number of hydrogen-bond donors (Lipinski definition) is 2. The Balaban J connectivity index is 0.00000242. The summed E-state index contributed by atoms with van der Waals surface area (Å²) in [6, 6.07) is 5.88. The summed E-state index contributed by atoms with van der Waals surface area (Å²) in [6.45, 7) is 3.80. The van der Waals surface area contributed by atoms with E-state index in [0.29, 0.717) is 6.54 Å². The van der Waals surface area contributed by atoms with Crippen molar-refractivity contribution in [2.45, 2.75) is 26.3 Å². The molecule has 2 heterocycles. The maximum Gasteiger partial charge on any atom is 0.191 e. The molecular weight excluding hydrogens is 391 g/mol. The number of aliphatic imine (C=N–C) groups is 1. The van der Waals surface area contributed by atoms with Gasteiger partial charge in [-0.3, -0.25) is 4.99 Å². The molecule has 0 aliphatic rings. The van der Waals surface area contributed by atoms with Crippen molar-refractivity contribution >= 4 is 29.9 Å². The molecule has 0 spiro atoms. The van der Waals surface area contributed by atoms with E-state index in [2.05, 4.69) is 32.6 Å². The van der Waals surface area contributed by atoms with E-state index in [9.17, 15) is 0 Å². The van der Waals surface area contributed by atoms with Crippen LogP contribution >= 0.6 is 24.0 Å². The summed E-state index contributed by atoms with van der Waals surface area (Å²) < 4.78 is 1.75. The van der Waals surface area contributed by atoms with Crippen LogP contribution in [0, 0.1) is 0 Å². The Bertz CT molecular complexity index is 567. The summed E-state index contributed by atoms with van der Waals surface area (Å²) in [5, 5.41) is 10.8. The van der Waals surface area contributed by atoms with Crippen LogP contribution in [0.3, 0.4) is 0 Å². The molecule has 0 aromatic carbocycles. The lowest BCUT2D eigenvalue weighted by Crippen LogP contribution is -2.37. The van der Waals surface area contributed by atoms with Gasteiger partial charge in [-0.1, -0.05) is 13.3 Å². The third kappa shape index (κ3) is 5.63. The predicted octanol–water partition coefficient (Wildman–Crippen LogP) is 2.35. The Labute approximate surface area is 148 Å². The van der Waals surface area contributed by atoms with Crippen molar-refractivity contribution in [1.82, 2.24) is 25.4 Å². The van der Waals surface area contributed by atoms with Crippen LogP contribution in [0.25, 0.3) is 5.82 Å². The lowest BCUT2D eigenvalue weighted by atomic mass is 10.2. The maximum atomic E-state index is 4.32. The van der Waals surface area contributed by atoms with Gasteiger partial charge < -0.3 is 10.6 Å². The van der Waals surface area contributed by atoms with E-state index in [0.717, 1.165) is 30.3 Å². The minimum absolute atomic E-state index is 0. The standard InChI is InChI=1S/C15H22N6.HI/c1-3-4-7-18-15(16-2)19-12-13-6-9-17-14(11-13)21-10-5-8-20-21;/h5-6,8-11H,3-4,7,12H2,1-2H3,(H2,16,18,19);1H. The third-order valence-corrected chi connectivity index (χ3v) is 3.06. The predicted molar refractivity (Wildman–Crippen MR) is 99.9 cm³/mol. The molecule has 0 bridgehead atoms. The Morgan fingerprint density at radius 1 is 1.32 bits per heavy atom. The minimum atomic E-state index is 0. The second-order valence-electron chi connectivity index (χ2n) is 4.68. The van der Waals surface area contributed by atoms with Crippen molar-refractivity contribution in [1.29, 1.82) is 0 Å². The molecular formula is C15H23IN6. The molecule has 0 unspecified atom stereocenters. The van der Waals surface area contributed by atoms with Gasteiger partial charge in [0.05, 0.1) is 0 Å². The molecule has 120 valence electrons. The number of nitrogens with one attached hydrogen (secondary N) is 2. The zero-order valence-corrected chi connectivity index (χ0v) is 15.3. The van der Waals surface area contributed by atoms with Crippen molar-refractivity contribution in [3.8, 4) is 5.82 Å². The lowest BCUT2D eigenvalue weighted by Gasteiger charge is -2.12. The van der Waals surface area contributed by atoms with Crippen molar-refractivity contribution < 1.29 is 0 Å². The number of halogens is 1. The molecule has 0 saturated heterocycles. The Morgan fingerprint density at radius 3 is 2.86 bits per heavy atom. The van der Waals surface area contributed by atoms with Crippen LogP contribution in [0.4, 0.5) is 0 Å². The highest BCUT2D eigenvalue weighted by Crippen LogP contribution is 2.05. The number of aromatic nitrogens is 3. The minimum Gasteiger partial charge on any atom is -0.356 e. The number of nitrogens with zero attached hydrogens (tertiary/aromatic N) is 4. The molecule has 0 fully saturated rings. The highest BCUT2D eigenvalue weighted by atomic mass is 127. The molecule has 22 heavy (non-hydrogen) atoms. The molecule has 6 nitrogen and oxygen atoms in total. The quantitative estimate of drug-likeness (QED) is 0.330. The highest BCUT2D eigenvalue weighted by molar-refractivity contribution is 14.0. The van der Waals surface area contributed by atoms with Gasteiger partial charge >= 0.3 is 0 Å². The fourth-order valence-corrected chi connectivity index (χ4v) is 1.89. The molecule has 0 saturated carbocycles. The maximum absolute atomic E-state index is 4.32. The number of rotatable bonds is 6. The second kappa shape index (κ2) is 10.1. The molecule has 0 amide bonds. The summed E-state index contributed by atoms with van der Waals surface area (Å²) in [5.41, 5.74) is 1.13. The Kier molecular flexibility index (Phi) is 8.49. The van der Waals surface area contributed by atoms with Crippen molar-refractivity contribution in [3.05, 3.63) is 42.4 Å². The molecule has 7 heteroatoms. The lowest BCUT2D eigenvalue weighted by molar-refractivity contribution is 0.728. The van der Waals surface area contributed by atoms with E-state index in [4.69, 9.17) is 0 Å². The van der Waals surface area contributed by atoms with Gasteiger partial charge in [0.1, 0.15) is 0 Å². The molecule has 0 atom stereocenters. The van der Waals surface area contributed by atoms with Crippen LogP contribution in [0.15, 0.2) is 41.8 Å². The van der Waals surface area contributed by atoms with Gasteiger partial charge in [0.25, 0.3) is 0 Å². The average molecular weight is 414 g/mol. The van der Waals surface area contributed by atoms with E-state index in [-0.39, 0.29) is 24.0 Å². The van der Waals surface area contributed by atoms with Gasteiger partial charge in [-0.05, 0) is 30.2 Å². The van der Waals surface area contributed by atoms with E-state index >= 15 is 0 Å². The van der Waals surface area contributed by atoms with E-state index in [1.807, 2.05) is 24.4 Å². The average Bonchev–Trinajstić information content (AvgIpc) is 3.05. The monoisotopic (exact) mass is 414 g/mol. The van der Waals surface area contributed by atoms with Crippen LogP contribution in [-0.4, -0.2) is 34.3 Å². The first-order valence-corrected chi connectivity index (χ1v) is 7.23. The molecule has 2 aromatic heterocycles. The first kappa shape index (κ1) is 18.4. The summed E-state index contributed by atoms with van der Waals surface area (Å²) in [7, 11) is 1.78. The van der Waals surface area contributed by atoms with Gasteiger partial charge in [-0.2, -0.15) is 5.10 Å². The van der Waals surface area contributed by atoms with E-state index < -0.39 is 0 Å². The number of hydrogen-bond acceptors (Lipinski definition) is 3. The SMILES string of the molecule is CCCCNC(=NC)NCc1ccnc(-n2cccn2)c1.I. The summed E-state index contributed by atoms with van der Waals surface area (Å²) in [4.78, 5) is 8.53.